The molecule has 2 amide bonds. The average Bonchev–Trinajstić information content (AvgIpc) is 3.35. The van der Waals surface area contributed by atoms with Crippen molar-refractivity contribution in [1.29, 1.82) is 0 Å². The molecule has 0 saturated heterocycles. The number of nitro benzene ring substituents is 1. The van der Waals surface area contributed by atoms with Gasteiger partial charge in [0.05, 0.1) is 11.0 Å². The predicted molar refractivity (Wildman–Crippen MR) is 137 cm³/mol. The first-order valence-corrected chi connectivity index (χ1v) is 12.7. The quantitative estimate of drug-likeness (QED) is 0.328. The van der Waals surface area contributed by atoms with Gasteiger partial charge in [-0.05, 0) is 55.3 Å². The summed E-state index contributed by atoms with van der Waals surface area (Å²) in [5.74, 6) is -0.508. The molecule has 0 aliphatic carbocycles. The number of nitro groups is 1. The zero-order valence-electron chi connectivity index (χ0n) is 20.1. The van der Waals surface area contributed by atoms with Crippen molar-refractivity contribution in [2.45, 2.75) is 45.7 Å². The van der Waals surface area contributed by atoms with Crippen LogP contribution in [0.3, 0.4) is 0 Å². The first-order chi connectivity index (χ1) is 16.8. The second-order valence-electron chi connectivity index (χ2n) is 8.90. The van der Waals surface area contributed by atoms with Crippen LogP contribution in [0.4, 0.5) is 5.69 Å². The van der Waals surface area contributed by atoms with Crippen LogP contribution in [-0.2, 0) is 11.2 Å². The van der Waals surface area contributed by atoms with E-state index in [9.17, 15) is 19.7 Å². The molecule has 35 heavy (non-hydrogen) atoms. The fourth-order valence-electron chi connectivity index (χ4n) is 4.57. The van der Waals surface area contributed by atoms with Crippen molar-refractivity contribution in [3.8, 4) is 0 Å². The minimum Gasteiger partial charge on any atom is -0.330 e. The molecule has 0 spiro atoms. The number of nitrogens with zero attached hydrogens (tertiary/aromatic N) is 3. The summed E-state index contributed by atoms with van der Waals surface area (Å²) in [5, 5.41) is 13.5. The van der Waals surface area contributed by atoms with Crippen LogP contribution in [0.25, 0.3) is 0 Å². The second-order valence-corrected chi connectivity index (χ2v) is 9.90. The lowest BCUT2D eigenvalue weighted by Gasteiger charge is -2.38. The van der Waals surface area contributed by atoms with Crippen LogP contribution in [0.5, 0.6) is 0 Å². The van der Waals surface area contributed by atoms with Gasteiger partial charge in [0, 0.05) is 34.7 Å². The van der Waals surface area contributed by atoms with E-state index in [1.807, 2.05) is 49.1 Å². The Balaban J connectivity index is 1.64. The molecular formula is C27H29N3O4S. The van der Waals surface area contributed by atoms with E-state index < -0.39 is 4.92 Å². The van der Waals surface area contributed by atoms with Gasteiger partial charge in [-0.25, -0.2) is 0 Å². The molecule has 1 aliphatic heterocycles. The molecule has 4 rings (SSSR count). The van der Waals surface area contributed by atoms with E-state index >= 15 is 0 Å². The molecule has 0 fully saturated rings. The summed E-state index contributed by atoms with van der Waals surface area (Å²) in [6, 6.07) is 16.1. The van der Waals surface area contributed by atoms with Gasteiger partial charge >= 0.3 is 0 Å². The van der Waals surface area contributed by atoms with E-state index in [1.165, 1.54) is 10.9 Å². The molecule has 1 aliphatic rings. The zero-order valence-corrected chi connectivity index (χ0v) is 21.0. The van der Waals surface area contributed by atoms with Crippen molar-refractivity contribution >= 4 is 28.8 Å². The first kappa shape index (κ1) is 24.6. The third-order valence-corrected chi connectivity index (χ3v) is 7.74. The topological polar surface area (TPSA) is 83.8 Å². The lowest BCUT2D eigenvalue weighted by Crippen LogP contribution is -2.49. The molecule has 0 N–H and O–H groups in total. The Labute approximate surface area is 209 Å². The highest BCUT2D eigenvalue weighted by Crippen LogP contribution is 2.38. The van der Waals surface area contributed by atoms with Crippen LogP contribution < -0.4 is 0 Å². The maximum Gasteiger partial charge on any atom is 0.273 e. The van der Waals surface area contributed by atoms with E-state index in [4.69, 9.17) is 0 Å². The van der Waals surface area contributed by atoms with Crippen LogP contribution in [0, 0.1) is 17.0 Å². The summed E-state index contributed by atoms with van der Waals surface area (Å²) in [6.45, 7) is 5.98. The van der Waals surface area contributed by atoms with Gasteiger partial charge in [-0.3, -0.25) is 19.7 Å². The molecule has 3 aromatic rings. The molecule has 0 radical (unpaired) electrons. The maximum absolute atomic E-state index is 13.7. The number of carbonyl (C=O) groups excluding carboxylic acids is 2. The molecule has 2 unspecified atom stereocenters. The summed E-state index contributed by atoms with van der Waals surface area (Å²) in [5.41, 5.74) is 2.78. The van der Waals surface area contributed by atoms with Crippen molar-refractivity contribution in [1.82, 2.24) is 9.80 Å². The number of amides is 2. The van der Waals surface area contributed by atoms with E-state index in [2.05, 4.69) is 11.4 Å². The molecule has 0 saturated carbocycles. The molecule has 182 valence electrons. The highest BCUT2D eigenvalue weighted by Gasteiger charge is 2.35. The summed E-state index contributed by atoms with van der Waals surface area (Å²) in [7, 11) is 0. The minimum atomic E-state index is -0.485. The number of carbonyl (C=O) groups is 2. The molecule has 2 atom stereocenters. The van der Waals surface area contributed by atoms with Gasteiger partial charge in [0.2, 0.25) is 5.91 Å². The Hall–Kier alpha value is -3.52. The van der Waals surface area contributed by atoms with Gasteiger partial charge in [0.1, 0.15) is 6.54 Å². The summed E-state index contributed by atoms with van der Waals surface area (Å²) in [4.78, 5) is 42.8. The van der Waals surface area contributed by atoms with E-state index in [-0.39, 0.29) is 41.7 Å². The fraction of sp³-hybridized carbons (Fsp3) is 0.333. The van der Waals surface area contributed by atoms with Crippen molar-refractivity contribution in [3.63, 3.8) is 0 Å². The second kappa shape index (κ2) is 10.4. The lowest BCUT2D eigenvalue weighted by molar-refractivity contribution is -0.385. The molecule has 8 heteroatoms. The number of thiophene rings is 1. The van der Waals surface area contributed by atoms with Crippen LogP contribution in [0.1, 0.15) is 58.2 Å². The largest absolute Gasteiger partial charge is 0.330 e. The van der Waals surface area contributed by atoms with E-state index in [1.54, 1.807) is 35.3 Å². The Bertz CT molecular complexity index is 1240. The minimum absolute atomic E-state index is 0.0850. The van der Waals surface area contributed by atoms with Gasteiger partial charge in [-0.2, -0.15) is 0 Å². The predicted octanol–water partition coefficient (Wildman–Crippen LogP) is 5.38. The number of rotatable bonds is 7. The van der Waals surface area contributed by atoms with Gasteiger partial charge in [0.25, 0.3) is 11.6 Å². The van der Waals surface area contributed by atoms with Gasteiger partial charge in [-0.15, -0.1) is 11.3 Å². The molecule has 0 bridgehead atoms. The molecule has 1 aromatic heterocycles. The van der Waals surface area contributed by atoms with Gasteiger partial charge < -0.3 is 9.80 Å². The SMILES string of the molecule is CCC(C)N(CC(=O)N1CCc2sccc2C1c1ccccc1)C(=O)c1ccc(C)c([N+](=O)[O-])c1. The van der Waals surface area contributed by atoms with Crippen LogP contribution in [0.15, 0.2) is 60.0 Å². The zero-order chi connectivity index (χ0) is 25.1. The number of hydrogen-bond donors (Lipinski definition) is 0. The number of hydrogen-bond acceptors (Lipinski definition) is 5. The third kappa shape index (κ3) is 4.98. The Kier molecular flexibility index (Phi) is 7.31. The molecule has 2 heterocycles. The van der Waals surface area contributed by atoms with Gasteiger partial charge in [-0.1, -0.05) is 43.3 Å². The van der Waals surface area contributed by atoms with Crippen molar-refractivity contribution in [2.24, 2.45) is 0 Å². The van der Waals surface area contributed by atoms with E-state index in [0.717, 1.165) is 17.5 Å². The van der Waals surface area contributed by atoms with Crippen LogP contribution in [0.2, 0.25) is 0 Å². The van der Waals surface area contributed by atoms with Crippen molar-refractivity contribution < 1.29 is 14.5 Å². The molecule has 7 nitrogen and oxygen atoms in total. The summed E-state index contributed by atoms with van der Waals surface area (Å²) >= 11 is 1.71. The maximum atomic E-state index is 13.7. The Morgan fingerprint density at radius 1 is 1.20 bits per heavy atom. The first-order valence-electron chi connectivity index (χ1n) is 11.8. The molecular weight excluding hydrogens is 462 g/mol. The molecule has 2 aromatic carbocycles. The number of benzene rings is 2. The number of aryl methyl sites for hydroxylation is 1. The fourth-order valence-corrected chi connectivity index (χ4v) is 5.47. The van der Waals surface area contributed by atoms with Crippen LogP contribution in [-0.4, -0.2) is 45.7 Å². The lowest BCUT2D eigenvalue weighted by atomic mass is 9.93. The monoisotopic (exact) mass is 491 g/mol. The Morgan fingerprint density at radius 3 is 2.63 bits per heavy atom. The Morgan fingerprint density at radius 2 is 1.94 bits per heavy atom. The normalized spacial score (nSPS) is 15.9. The van der Waals surface area contributed by atoms with Crippen molar-refractivity contribution in [2.75, 3.05) is 13.1 Å². The smallest absolute Gasteiger partial charge is 0.273 e. The van der Waals surface area contributed by atoms with Crippen LogP contribution >= 0.6 is 11.3 Å². The highest BCUT2D eigenvalue weighted by atomic mass is 32.1. The third-order valence-electron chi connectivity index (χ3n) is 6.74. The van der Waals surface area contributed by atoms with Gasteiger partial charge in [0.15, 0.2) is 0 Å². The summed E-state index contributed by atoms with van der Waals surface area (Å²) in [6.07, 6.45) is 1.44. The van der Waals surface area contributed by atoms with Crippen molar-refractivity contribution in [3.05, 3.63) is 97.2 Å². The number of fused-ring (bicyclic) bond motifs is 1. The summed E-state index contributed by atoms with van der Waals surface area (Å²) < 4.78 is 0. The average molecular weight is 492 g/mol. The highest BCUT2D eigenvalue weighted by molar-refractivity contribution is 7.10. The standard InChI is InChI=1S/C27H29N3O4S/c1-4-19(3)29(27(32)21-11-10-18(2)23(16-21)30(33)34)17-25(31)28-14-12-24-22(13-15-35-24)26(28)20-8-6-5-7-9-20/h5-11,13,15-16,19,26H,4,12,14,17H2,1-3H3. The van der Waals surface area contributed by atoms with E-state index in [0.29, 0.717) is 18.5 Å².